The summed E-state index contributed by atoms with van der Waals surface area (Å²) in [5.41, 5.74) is 11.1. The van der Waals surface area contributed by atoms with E-state index in [1.165, 1.54) is 38.5 Å². The highest BCUT2D eigenvalue weighted by molar-refractivity contribution is 5.94. The van der Waals surface area contributed by atoms with Gasteiger partial charge in [0, 0.05) is 6.42 Å². The second-order valence-corrected chi connectivity index (χ2v) is 10.5. The van der Waals surface area contributed by atoms with Crippen molar-refractivity contribution in [2.24, 2.45) is 17.4 Å². The van der Waals surface area contributed by atoms with Gasteiger partial charge < -0.3 is 37.3 Å². The van der Waals surface area contributed by atoms with Gasteiger partial charge >= 0.3 is 5.97 Å². The standard InChI is InChI=1S/C23H35N5O7.C6H12/c1-14(2)10-17(23(34)35-13-15-6-4-3-5-7-15)27-22(33)18(12-29)28-21(32)16(8-9-19(25)30)26-20(31)11-24;1-2-4-6-5-3-1/h3-7,14,16-18,29H,8-13,24H2,1-2H3,(H2,25,30)(H,26,31)(H,27,33)(H,28,32);1-6H2/t16-,17-,18-;/m0./s1. The molecule has 1 aliphatic carbocycles. The molecule has 1 aromatic rings. The third-order valence-corrected chi connectivity index (χ3v) is 6.36. The summed E-state index contributed by atoms with van der Waals surface area (Å²) in [6.07, 6.45) is 8.93. The number of nitrogens with two attached hydrogens (primary N) is 2. The molecule has 3 atom stereocenters. The average molecular weight is 578 g/mol. The molecule has 0 saturated heterocycles. The maximum Gasteiger partial charge on any atom is 0.328 e. The van der Waals surface area contributed by atoms with Crippen molar-refractivity contribution < 1.29 is 33.8 Å². The predicted molar refractivity (Wildman–Crippen MR) is 154 cm³/mol. The van der Waals surface area contributed by atoms with Crippen LogP contribution in [0, 0.1) is 5.92 Å². The Labute approximate surface area is 242 Å². The Morgan fingerprint density at radius 2 is 1.39 bits per heavy atom. The zero-order valence-corrected chi connectivity index (χ0v) is 24.2. The van der Waals surface area contributed by atoms with Crippen LogP contribution in [0.2, 0.25) is 0 Å². The number of carbonyl (C=O) groups excluding carboxylic acids is 5. The highest BCUT2D eigenvalue weighted by atomic mass is 16.5. The Kier molecular flexibility index (Phi) is 17.7. The van der Waals surface area contributed by atoms with Crippen molar-refractivity contribution in [3.63, 3.8) is 0 Å². The van der Waals surface area contributed by atoms with Crippen molar-refractivity contribution in [2.45, 2.75) is 96.4 Å². The zero-order chi connectivity index (χ0) is 30.6. The SMILES string of the molecule is C1CCCCC1.CC(C)C[C@H](NC(=O)[C@H](CO)NC(=O)[C@H](CCC(N)=O)NC(=O)CN)C(=O)OCc1ccccc1. The largest absolute Gasteiger partial charge is 0.459 e. The summed E-state index contributed by atoms with van der Waals surface area (Å²) in [4.78, 5) is 60.8. The lowest BCUT2D eigenvalue weighted by molar-refractivity contribution is -0.150. The molecule has 0 bridgehead atoms. The Bertz CT molecular complexity index is 943. The van der Waals surface area contributed by atoms with Gasteiger partial charge in [-0.25, -0.2) is 4.79 Å². The third-order valence-electron chi connectivity index (χ3n) is 6.36. The number of carbonyl (C=O) groups is 5. The minimum absolute atomic E-state index is 0.0205. The van der Waals surface area contributed by atoms with Crippen LogP contribution in [-0.4, -0.2) is 66.0 Å². The Morgan fingerprint density at radius 1 is 0.854 bits per heavy atom. The van der Waals surface area contributed by atoms with Crippen LogP contribution in [0.3, 0.4) is 0 Å². The number of aliphatic hydroxyl groups is 1. The van der Waals surface area contributed by atoms with Crippen LogP contribution in [0.25, 0.3) is 0 Å². The summed E-state index contributed by atoms with van der Waals surface area (Å²) in [5, 5.41) is 16.8. The first-order chi connectivity index (χ1) is 19.6. The highest BCUT2D eigenvalue weighted by Crippen LogP contribution is 2.15. The van der Waals surface area contributed by atoms with E-state index in [1.807, 2.05) is 19.9 Å². The molecule has 0 unspecified atom stereocenters. The van der Waals surface area contributed by atoms with Gasteiger partial charge in [0.05, 0.1) is 13.2 Å². The first-order valence-electron chi connectivity index (χ1n) is 14.3. The van der Waals surface area contributed by atoms with Crippen LogP contribution in [0.15, 0.2) is 30.3 Å². The molecule has 12 nitrogen and oxygen atoms in total. The normalized spacial score (nSPS) is 14.9. The number of hydrogen-bond donors (Lipinski definition) is 6. The summed E-state index contributed by atoms with van der Waals surface area (Å²) in [7, 11) is 0. The molecule has 230 valence electrons. The lowest BCUT2D eigenvalue weighted by Crippen LogP contribution is -2.57. The topological polar surface area (TPSA) is 203 Å². The number of primary amides is 1. The van der Waals surface area contributed by atoms with Gasteiger partial charge in [0.1, 0.15) is 24.7 Å². The van der Waals surface area contributed by atoms with Crippen molar-refractivity contribution in [3.8, 4) is 0 Å². The van der Waals surface area contributed by atoms with Crippen LogP contribution in [0.4, 0.5) is 0 Å². The average Bonchev–Trinajstić information content (AvgIpc) is 2.97. The minimum atomic E-state index is -1.43. The smallest absolute Gasteiger partial charge is 0.328 e. The van der Waals surface area contributed by atoms with E-state index in [0.29, 0.717) is 0 Å². The molecule has 2 rings (SSSR count). The van der Waals surface area contributed by atoms with E-state index >= 15 is 0 Å². The number of benzene rings is 1. The molecule has 8 N–H and O–H groups in total. The van der Waals surface area contributed by atoms with Gasteiger partial charge in [0.15, 0.2) is 0 Å². The number of ether oxygens (including phenoxy) is 1. The van der Waals surface area contributed by atoms with Gasteiger partial charge in [-0.05, 0) is 24.3 Å². The van der Waals surface area contributed by atoms with E-state index in [-0.39, 0.29) is 31.8 Å². The van der Waals surface area contributed by atoms with Gasteiger partial charge in [-0.3, -0.25) is 19.2 Å². The molecule has 41 heavy (non-hydrogen) atoms. The second-order valence-electron chi connectivity index (χ2n) is 10.5. The molecular formula is C29H47N5O7. The number of amides is 4. The van der Waals surface area contributed by atoms with Gasteiger partial charge in [-0.2, -0.15) is 0 Å². The van der Waals surface area contributed by atoms with Gasteiger partial charge in [0.2, 0.25) is 23.6 Å². The van der Waals surface area contributed by atoms with E-state index < -0.39 is 60.9 Å². The van der Waals surface area contributed by atoms with Crippen LogP contribution in [0.1, 0.15) is 77.2 Å². The number of hydrogen-bond acceptors (Lipinski definition) is 8. The van der Waals surface area contributed by atoms with Gasteiger partial charge in [-0.15, -0.1) is 0 Å². The van der Waals surface area contributed by atoms with E-state index in [9.17, 15) is 29.1 Å². The zero-order valence-electron chi connectivity index (χ0n) is 24.2. The fourth-order valence-electron chi connectivity index (χ4n) is 4.12. The molecule has 4 amide bonds. The lowest BCUT2D eigenvalue weighted by atomic mass is 10.0. The van der Waals surface area contributed by atoms with Crippen molar-refractivity contribution in [3.05, 3.63) is 35.9 Å². The Morgan fingerprint density at radius 3 is 1.88 bits per heavy atom. The second kappa shape index (κ2) is 20.4. The van der Waals surface area contributed by atoms with E-state index in [1.54, 1.807) is 24.3 Å². The van der Waals surface area contributed by atoms with Crippen LogP contribution < -0.4 is 27.4 Å². The maximum atomic E-state index is 12.8. The number of nitrogens with one attached hydrogen (secondary N) is 3. The van der Waals surface area contributed by atoms with E-state index in [0.717, 1.165) is 5.56 Å². The summed E-state index contributed by atoms with van der Waals surface area (Å²) >= 11 is 0. The van der Waals surface area contributed by atoms with E-state index in [2.05, 4.69) is 16.0 Å². The Hall–Kier alpha value is -3.51. The fourth-order valence-corrected chi connectivity index (χ4v) is 4.12. The minimum Gasteiger partial charge on any atom is -0.459 e. The molecule has 0 spiro atoms. The van der Waals surface area contributed by atoms with Gasteiger partial charge in [-0.1, -0.05) is 82.7 Å². The quantitative estimate of drug-likeness (QED) is 0.164. The van der Waals surface area contributed by atoms with Crippen LogP contribution in [0.5, 0.6) is 0 Å². The summed E-state index contributed by atoms with van der Waals surface area (Å²) in [5.74, 6) is -3.62. The highest BCUT2D eigenvalue weighted by Gasteiger charge is 2.30. The van der Waals surface area contributed by atoms with Crippen LogP contribution in [-0.2, 0) is 35.3 Å². The summed E-state index contributed by atoms with van der Waals surface area (Å²) < 4.78 is 5.33. The molecule has 1 saturated carbocycles. The van der Waals surface area contributed by atoms with Crippen molar-refractivity contribution in [2.75, 3.05) is 13.2 Å². The molecule has 0 aromatic heterocycles. The Balaban J connectivity index is 0.00000123. The predicted octanol–water partition coefficient (Wildman–Crippen LogP) is 0.787. The first-order valence-corrected chi connectivity index (χ1v) is 14.3. The molecule has 0 heterocycles. The van der Waals surface area contributed by atoms with E-state index in [4.69, 9.17) is 16.2 Å². The van der Waals surface area contributed by atoms with Crippen molar-refractivity contribution >= 4 is 29.6 Å². The first kappa shape index (κ1) is 35.5. The van der Waals surface area contributed by atoms with Gasteiger partial charge in [0.25, 0.3) is 0 Å². The monoisotopic (exact) mass is 577 g/mol. The fraction of sp³-hybridized carbons (Fsp3) is 0.621. The molecular weight excluding hydrogens is 530 g/mol. The van der Waals surface area contributed by atoms with Crippen molar-refractivity contribution in [1.29, 1.82) is 0 Å². The molecule has 1 aliphatic rings. The molecule has 0 radical (unpaired) electrons. The van der Waals surface area contributed by atoms with Crippen molar-refractivity contribution in [1.82, 2.24) is 16.0 Å². The lowest BCUT2D eigenvalue weighted by Gasteiger charge is -2.24. The molecule has 1 aromatic carbocycles. The summed E-state index contributed by atoms with van der Waals surface area (Å²) in [6.45, 7) is 2.56. The number of esters is 1. The molecule has 0 aliphatic heterocycles. The molecule has 1 fully saturated rings. The molecule has 12 heteroatoms. The third kappa shape index (κ3) is 15.8. The van der Waals surface area contributed by atoms with Crippen LogP contribution >= 0.6 is 0 Å². The summed E-state index contributed by atoms with van der Waals surface area (Å²) in [6, 6.07) is 5.37. The maximum absolute atomic E-state index is 12.8. The number of aliphatic hydroxyl groups excluding tert-OH is 1. The number of rotatable bonds is 15.